The molecule has 0 aliphatic rings. The Morgan fingerprint density at radius 1 is 1.47 bits per heavy atom. The van der Waals surface area contributed by atoms with Crippen LogP contribution in [0.5, 0.6) is 0 Å². The minimum atomic E-state index is 0.0285. The van der Waals surface area contributed by atoms with E-state index in [1.165, 1.54) is 0 Å². The third-order valence-electron chi connectivity index (χ3n) is 2.94. The number of benzene rings is 1. The van der Waals surface area contributed by atoms with Crippen LogP contribution in [0.2, 0.25) is 0 Å². The molecule has 0 amide bonds. The summed E-state index contributed by atoms with van der Waals surface area (Å²) >= 11 is 0. The molecule has 1 N–H and O–H groups in total. The van der Waals surface area contributed by atoms with Gasteiger partial charge in [-0.25, -0.2) is 4.98 Å². The highest BCUT2D eigenvalue weighted by molar-refractivity contribution is 5.77. The molecule has 1 heterocycles. The summed E-state index contributed by atoms with van der Waals surface area (Å²) in [5.74, 6) is 0. The quantitative estimate of drug-likeness (QED) is 0.866. The Morgan fingerprint density at radius 3 is 2.94 bits per heavy atom. The Kier molecular flexibility index (Phi) is 3.24. The van der Waals surface area contributed by atoms with Crippen LogP contribution in [-0.2, 0) is 6.54 Å². The second-order valence-electron chi connectivity index (χ2n) is 4.41. The van der Waals surface area contributed by atoms with Crippen LogP contribution in [0.3, 0.4) is 0 Å². The maximum absolute atomic E-state index is 12.2. The molecule has 1 unspecified atom stereocenters. The van der Waals surface area contributed by atoms with Crippen LogP contribution in [0.15, 0.2) is 29.3 Å². The van der Waals surface area contributed by atoms with Crippen molar-refractivity contribution in [1.82, 2.24) is 14.9 Å². The van der Waals surface area contributed by atoms with Gasteiger partial charge in [-0.05, 0) is 33.0 Å². The maximum atomic E-state index is 12.2. The highest BCUT2D eigenvalue weighted by Crippen LogP contribution is 2.08. The lowest BCUT2D eigenvalue weighted by atomic mass is 10.2. The first-order chi connectivity index (χ1) is 8.11. The Hall–Kier alpha value is -1.68. The molecule has 0 aliphatic carbocycles. The Labute approximate surface area is 100 Å². The number of hydrogen-bond donors (Lipinski definition) is 1. The second-order valence-corrected chi connectivity index (χ2v) is 4.41. The van der Waals surface area contributed by atoms with Gasteiger partial charge in [-0.15, -0.1) is 0 Å². The molecule has 1 aromatic carbocycles. The van der Waals surface area contributed by atoms with Crippen molar-refractivity contribution in [3.8, 4) is 0 Å². The summed E-state index contributed by atoms with van der Waals surface area (Å²) in [5.41, 5.74) is 1.87. The zero-order valence-corrected chi connectivity index (χ0v) is 10.4. The standard InChI is InChI=1S/C13H17N3O/c1-9-4-5-12-11(6-9)13(17)16(8-15-12)7-10(2)14-3/h4-6,8,10,14H,7H2,1-3H3. The normalized spacial score (nSPS) is 12.9. The first-order valence-corrected chi connectivity index (χ1v) is 5.75. The van der Waals surface area contributed by atoms with Crippen LogP contribution in [-0.4, -0.2) is 22.6 Å². The fourth-order valence-corrected chi connectivity index (χ4v) is 1.79. The predicted octanol–water partition coefficient (Wildman–Crippen LogP) is 1.31. The molecule has 0 saturated carbocycles. The number of likely N-dealkylation sites (N-methyl/N-ethyl adjacent to an activating group) is 1. The molecule has 4 heteroatoms. The Morgan fingerprint density at radius 2 is 2.24 bits per heavy atom. The van der Waals surface area contributed by atoms with Gasteiger partial charge in [0.1, 0.15) is 0 Å². The van der Waals surface area contributed by atoms with Crippen molar-refractivity contribution in [2.45, 2.75) is 26.4 Å². The SMILES string of the molecule is CNC(C)Cn1cnc2ccc(C)cc2c1=O. The molecule has 17 heavy (non-hydrogen) atoms. The molecule has 1 aromatic heterocycles. The van der Waals surface area contributed by atoms with Gasteiger partial charge in [0.2, 0.25) is 0 Å². The van der Waals surface area contributed by atoms with E-state index in [4.69, 9.17) is 0 Å². The van der Waals surface area contributed by atoms with Gasteiger partial charge >= 0.3 is 0 Å². The fraction of sp³-hybridized carbons (Fsp3) is 0.385. The number of rotatable bonds is 3. The largest absolute Gasteiger partial charge is 0.315 e. The van der Waals surface area contributed by atoms with E-state index in [0.717, 1.165) is 11.1 Å². The van der Waals surface area contributed by atoms with Gasteiger partial charge in [-0.3, -0.25) is 9.36 Å². The van der Waals surface area contributed by atoms with Crippen LogP contribution in [0.1, 0.15) is 12.5 Å². The summed E-state index contributed by atoms with van der Waals surface area (Å²) in [7, 11) is 1.88. The van der Waals surface area contributed by atoms with E-state index in [0.29, 0.717) is 11.9 Å². The van der Waals surface area contributed by atoms with E-state index >= 15 is 0 Å². The van der Waals surface area contributed by atoms with E-state index in [-0.39, 0.29) is 11.6 Å². The fourth-order valence-electron chi connectivity index (χ4n) is 1.79. The molecule has 0 spiro atoms. The van der Waals surface area contributed by atoms with Gasteiger partial charge in [0.05, 0.1) is 17.2 Å². The van der Waals surface area contributed by atoms with Crippen molar-refractivity contribution < 1.29 is 0 Å². The third kappa shape index (κ3) is 2.36. The van der Waals surface area contributed by atoms with Gasteiger partial charge in [0.25, 0.3) is 5.56 Å². The Bertz CT molecular complexity index is 589. The first-order valence-electron chi connectivity index (χ1n) is 5.75. The zero-order valence-electron chi connectivity index (χ0n) is 10.4. The van der Waals surface area contributed by atoms with Crippen molar-refractivity contribution in [3.63, 3.8) is 0 Å². The molecular formula is C13H17N3O. The predicted molar refractivity (Wildman–Crippen MR) is 69.3 cm³/mol. The summed E-state index contributed by atoms with van der Waals surface area (Å²) < 4.78 is 1.66. The lowest BCUT2D eigenvalue weighted by molar-refractivity contribution is 0.503. The van der Waals surface area contributed by atoms with Crippen LogP contribution in [0.25, 0.3) is 10.9 Å². The molecule has 0 bridgehead atoms. The molecule has 0 saturated heterocycles. The number of nitrogens with one attached hydrogen (secondary N) is 1. The number of fused-ring (bicyclic) bond motifs is 1. The van der Waals surface area contributed by atoms with Crippen molar-refractivity contribution in [1.29, 1.82) is 0 Å². The molecule has 2 aromatic rings. The molecule has 2 rings (SSSR count). The smallest absolute Gasteiger partial charge is 0.261 e. The van der Waals surface area contributed by atoms with Crippen molar-refractivity contribution in [3.05, 3.63) is 40.4 Å². The maximum Gasteiger partial charge on any atom is 0.261 e. The lowest BCUT2D eigenvalue weighted by Gasteiger charge is -2.12. The van der Waals surface area contributed by atoms with Gasteiger partial charge in [-0.1, -0.05) is 11.6 Å². The van der Waals surface area contributed by atoms with Crippen molar-refractivity contribution in [2.24, 2.45) is 0 Å². The van der Waals surface area contributed by atoms with Crippen LogP contribution in [0, 0.1) is 6.92 Å². The Balaban J connectivity index is 2.53. The van der Waals surface area contributed by atoms with Gasteiger partial charge in [0.15, 0.2) is 0 Å². The summed E-state index contributed by atoms with van der Waals surface area (Å²) in [4.78, 5) is 16.5. The average Bonchev–Trinajstić information content (AvgIpc) is 2.33. The average molecular weight is 231 g/mol. The highest BCUT2D eigenvalue weighted by Gasteiger charge is 2.06. The monoisotopic (exact) mass is 231 g/mol. The van der Waals surface area contributed by atoms with Gasteiger partial charge in [-0.2, -0.15) is 0 Å². The summed E-state index contributed by atoms with van der Waals surface area (Å²) in [6, 6.07) is 6.00. The minimum Gasteiger partial charge on any atom is -0.315 e. The lowest BCUT2D eigenvalue weighted by Crippen LogP contribution is -2.32. The molecule has 0 radical (unpaired) electrons. The van der Waals surface area contributed by atoms with Crippen molar-refractivity contribution in [2.75, 3.05) is 7.05 Å². The van der Waals surface area contributed by atoms with Crippen LogP contribution < -0.4 is 10.9 Å². The molecular weight excluding hydrogens is 214 g/mol. The van der Waals surface area contributed by atoms with Gasteiger partial charge < -0.3 is 5.32 Å². The molecule has 4 nitrogen and oxygen atoms in total. The first kappa shape index (κ1) is 11.8. The molecule has 90 valence electrons. The zero-order chi connectivity index (χ0) is 12.4. The van der Waals surface area contributed by atoms with E-state index in [1.54, 1.807) is 10.9 Å². The number of aryl methyl sites for hydroxylation is 1. The number of nitrogens with zero attached hydrogens (tertiary/aromatic N) is 2. The number of hydrogen-bond acceptors (Lipinski definition) is 3. The topological polar surface area (TPSA) is 46.9 Å². The third-order valence-corrected chi connectivity index (χ3v) is 2.94. The number of aromatic nitrogens is 2. The van der Waals surface area contributed by atoms with E-state index < -0.39 is 0 Å². The summed E-state index contributed by atoms with van der Waals surface area (Å²) in [5, 5.41) is 3.80. The molecule has 1 atom stereocenters. The van der Waals surface area contributed by atoms with E-state index in [1.807, 2.05) is 39.1 Å². The van der Waals surface area contributed by atoms with Gasteiger partial charge in [0, 0.05) is 12.6 Å². The molecule has 0 fully saturated rings. The summed E-state index contributed by atoms with van der Waals surface area (Å²) in [6.45, 7) is 4.64. The minimum absolute atomic E-state index is 0.0285. The second kappa shape index (κ2) is 4.67. The van der Waals surface area contributed by atoms with Crippen molar-refractivity contribution >= 4 is 10.9 Å². The van der Waals surface area contributed by atoms with E-state index in [9.17, 15) is 4.79 Å². The molecule has 0 aliphatic heterocycles. The summed E-state index contributed by atoms with van der Waals surface area (Å²) in [6.07, 6.45) is 1.62. The van der Waals surface area contributed by atoms with Crippen LogP contribution in [0.4, 0.5) is 0 Å². The van der Waals surface area contributed by atoms with Crippen LogP contribution >= 0.6 is 0 Å². The highest BCUT2D eigenvalue weighted by atomic mass is 16.1. The van der Waals surface area contributed by atoms with E-state index in [2.05, 4.69) is 10.3 Å².